The molecule has 0 bridgehead atoms. The molecule has 2 aromatic heterocycles. The van der Waals surface area contributed by atoms with Gasteiger partial charge in [0.05, 0.1) is 22.4 Å². The molecule has 1 N–H and O–H groups in total. The second-order valence-corrected chi connectivity index (χ2v) is 12.0. The highest BCUT2D eigenvalue weighted by Crippen LogP contribution is 2.65. The van der Waals surface area contributed by atoms with Crippen molar-refractivity contribution in [1.82, 2.24) is 9.78 Å². The fraction of sp³-hybridized carbons (Fsp3) is 0.720. The zero-order valence-corrected chi connectivity index (χ0v) is 18.8. The molecule has 0 radical (unpaired) electrons. The average molecular weight is 411 g/mol. The first-order valence-electron chi connectivity index (χ1n) is 11.7. The quantitative estimate of drug-likeness (QED) is 0.677. The molecule has 0 amide bonds. The van der Waals surface area contributed by atoms with Crippen LogP contribution in [0.15, 0.2) is 17.5 Å². The van der Waals surface area contributed by atoms with Crippen molar-refractivity contribution in [3.63, 3.8) is 0 Å². The molecule has 3 fully saturated rings. The average Bonchev–Trinajstić information content (AvgIpc) is 3.38. The van der Waals surface area contributed by atoms with E-state index in [4.69, 9.17) is 5.10 Å². The van der Waals surface area contributed by atoms with Gasteiger partial charge in [-0.1, -0.05) is 19.9 Å². The van der Waals surface area contributed by atoms with Gasteiger partial charge in [0.25, 0.3) is 0 Å². The Morgan fingerprint density at radius 3 is 2.72 bits per heavy atom. The van der Waals surface area contributed by atoms with Gasteiger partial charge in [0.2, 0.25) is 0 Å². The fourth-order valence-corrected chi connectivity index (χ4v) is 9.25. The maximum atomic E-state index is 10.7. The smallest absolute Gasteiger partial charge is 0.0813 e. The first-order valence-corrected chi connectivity index (χ1v) is 12.6. The molecule has 0 unspecified atom stereocenters. The van der Waals surface area contributed by atoms with Crippen molar-refractivity contribution >= 4 is 11.3 Å². The van der Waals surface area contributed by atoms with E-state index in [1.165, 1.54) is 66.8 Å². The summed E-state index contributed by atoms with van der Waals surface area (Å²) in [5, 5.41) is 17.9. The van der Waals surface area contributed by atoms with Gasteiger partial charge in [-0.2, -0.15) is 5.10 Å². The second kappa shape index (κ2) is 6.20. The Labute approximate surface area is 178 Å². The first-order chi connectivity index (χ1) is 13.9. The molecule has 4 heteroatoms. The minimum Gasteiger partial charge on any atom is -0.393 e. The maximum Gasteiger partial charge on any atom is 0.0813 e. The molecule has 3 saturated carbocycles. The second-order valence-electron chi connectivity index (χ2n) is 11.1. The zero-order valence-electron chi connectivity index (χ0n) is 18.0. The van der Waals surface area contributed by atoms with Crippen molar-refractivity contribution in [2.24, 2.45) is 41.5 Å². The number of rotatable bonds is 1. The van der Waals surface area contributed by atoms with Crippen LogP contribution in [0, 0.1) is 34.5 Å². The standard InChI is InChI=1S/C25H34N2OS/c1-24-11-10-19-16(18(24)8-9-22(24)28)7-6-15-13-20-17(14-25(15,19)2)23(27(3)26-20)21-5-4-12-29-21/h4-5,12,15-16,18-19,22,28H,6-11,13-14H2,1-3H3/t15-,16-,18-,19-,22-,24-,25-/m0/s1. The Balaban J connectivity index is 1.39. The lowest BCUT2D eigenvalue weighted by molar-refractivity contribution is -0.111. The number of aliphatic hydroxyl groups excluding tert-OH is 1. The van der Waals surface area contributed by atoms with E-state index in [1.807, 2.05) is 11.3 Å². The number of fused-ring (bicyclic) bond motifs is 6. The first kappa shape index (κ1) is 18.6. The lowest BCUT2D eigenvalue weighted by Crippen LogP contribution is -2.54. The molecule has 7 atom stereocenters. The molecule has 2 heterocycles. The third kappa shape index (κ3) is 2.42. The Kier molecular flexibility index (Phi) is 3.98. The third-order valence-electron chi connectivity index (χ3n) is 10.00. The summed E-state index contributed by atoms with van der Waals surface area (Å²) < 4.78 is 2.15. The van der Waals surface area contributed by atoms with Gasteiger partial charge in [0.15, 0.2) is 0 Å². The van der Waals surface area contributed by atoms with Crippen LogP contribution in [0.25, 0.3) is 10.6 Å². The summed E-state index contributed by atoms with van der Waals surface area (Å²) in [6.07, 6.45) is 9.83. The molecule has 0 saturated heterocycles. The molecule has 0 spiro atoms. The van der Waals surface area contributed by atoms with Gasteiger partial charge in [-0.05, 0) is 97.3 Å². The summed E-state index contributed by atoms with van der Waals surface area (Å²) in [6, 6.07) is 4.42. The van der Waals surface area contributed by atoms with Crippen LogP contribution in [-0.4, -0.2) is 21.0 Å². The Morgan fingerprint density at radius 2 is 1.93 bits per heavy atom. The number of thiophene rings is 1. The Morgan fingerprint density at radius 1 is 1.10 bits per heavy atom. The highest BCUT2D eigenvalue weighted by Gasteiger charge is 2.60. The van der Waals surface area contributed by atoms with Crippen LogP contribution in [0.3, 0.4) is 0 Å². The largest absolute Gasteiger partial charge is 0.393 e. The van der Waals surface area contributed by atoms with E-state index >= 15 is 0 Å². The van der Waals surface area contributed by atoms with Crippen molar-refractivity contribution in [2.45, 2.75) is 71.3 Å². The lowest BCUT2D eigenvalue weighted by atomic mass is 9.45. The van der Waals surface area contributed by atoms with Crippen LogP contribution >= 0.6 is 11.3 Å². The SMILES string of the molecule is Cn1nc2c(c1-c1cccs1)C[C@@]1(C)[C@@H](CC[C@@H]3[C@@H]1CC[C@]1(C)[C@@H](O)CC[C@@H]31)C2. The molecule has 2 aromatic rings. The summed E-state index contributed by atoms with van der Waals surface area (Å²) in [5.41, 5.74) is 4.84. The topological polar surface area (TPSA) is 38.0 Å². The van der Waals surface area contributed by atoms with Gasteiger partial charge in [-0.15, -0.1) is 11.3 Å². The highest BCUT2D eigenvalue weighted by molar-refractivity contribution is 7.13. The van der Waals surface area contributed by atoms with Gasteiger partial charge in [-0.3, -0.25) is 4.68 Å². The predicted octanol–water partition coefficient (Wildman–Crippen LogP) is 5.47. The fourth-order valence-electron chi connectivity index (χ4n) is 8.43. The van der Waals surface area contributed by atoms with E-state index in [0.29, 0.717) is 5.41 Å². The van der Waals surface area contributed by atoms with Gasteiger partial charge in [-0.25, -0.2) is 0 Å². The summed E-state index contributed by atoms with van der Waals surface area (Å²) >= 11 is 1.84. The number of hydrogen-bond acceptors (Lipinski definition) is 3. The van der Waals surface area contributed by atoms with Crippen LogP contribution in [-0.2, 0) is 19.9 Å². The van der Waals surface area contributed by atoms with E-state index < -0.39 is 0 Å². The van der Waals surface area contributed by atoms with Crippen molar-refractivity contribution < 1.29 is 5.11 Å². The number of aromatic nitrogens is 2. The monoisotopic (exact) mass is 410 g/mol. The minimum absolute atomic E-state index is 0.0688. The van der Waals surface area contributed by atoms with Gasteiger partial charge in [0.1, 0.15) is 0 Å². The van der Waals surface area contributed by atoms with Crippen LogP contribution < -0.4 is 0 Å². The van der Waals surface area contributed by atoms with E-state index in [9.17, 15) is 5.11 Å². The molecule has 4 aliphatic rings. The summed E-state index contributed by atoms with van der Waals surface area (Å²) in [6.45, 7) is 5.02. The zero-order chi connectivity index (χ0) is 20.0. The van der Waals surface area contributed by atoms with E-state index in [2.05, 4.69) is 43.1 Å². The van der Waals surface area contributed by atoms with Crippen LogP contribution in [0.4, 0.5) is 0 Å². The van der Waals surface area contributed by atoms with Crippen molar-refractivity contribution in [2.75, 3.05) is 0 Å². The van der Waals surface area contributed by atoms with E-state index in [0.717, 1.165) is 30.1 Å². The summed E-state index contributed by atoms with van der Waals surface area (Å²) in [4.78, 5) is 1.37. The minimum atomic E-state index is -0.0688. The highest BCUT2D eigenvalue weighted by atomic mass is 32.1. The molecule has 4 aliphatic carbocycles. The van der Waals surface area contributed by atoms with Crippen LogP contribution in [0.5, 0.6) is 0 Å². The van der Waals surface area contributed by atoms with Crippen LogP contribution in [0.2, 0.25) is 0 Å². The molecule has 6 rings (SSSR count). The van der Waals surface area contributed by atoms with Crippen molar-refractivity contribution in [3.05, 3.63) is 28.8 Å². The Hall–Kier alpha value is -1.13. The molecule has 156 valence electrons. The van der Waals surface area contributed by atoms with Gasteiger partial charge >= 0.3 is 0 Å². The van der Waals surface area contributed by atoms with E-state index in [1.54, 1.807) is 0 Å². The molecule has 0 aliphatic heterocycles. The summed E-state index contributed by atoms with van der Waals surface area (Å²) in [7, 11) is 2.13. The Bertz CT molecular complexity index is 933. The van der Waals surface area contributed by atoms with E-state index in [-0.39, 0.29) is 11.5 Å². The van der Waals surface area contributed by atoms with Crippen molar-refractivity contribution in [1.29, 1.82) is 0 Å². The molecule has 29 heavy (non-hydrogen) atoms. The maximum absolute atomic E-state index is 10.7. The molecule has 0 aromatic carbocycles. The molecular formula is C25H34N2OS. The van der Waals surface area contributed by atoms with Crippen molar-refractivity contribution in [3.8, 4) is 10.6 Å². The van der Waals surface area contributed by atoms with Gasteiger partial charge < -0.3 is 5.11 Å². The number of nitrogens with zero attached hydrogens (tertiary/aromatic N) is 2. The predicted molar refractivity (Wildman–Crippen MR) is 118 cm³/mol. The number of aryl methyl sites for hydroxylation is 1. The third-order valence-corrected chi connectivity index (χ3v) is 10.9. The normalized spacial score (nSPS) is 43.4. The number of aliphatic hydroxyl groups is 1. The number of hydrogen-bond donors (Lipinski definition) is 1. The molecule has 3 nitrogen and oxygen atoms in total. The summed E-state index contributed by atoms with van der Waals surface area (Å²) in [5.74, 6) is 3.14. The van der Waals surface area contributed by atoms with Crippen LogP contribution in [0.1, 0.15) is 63.6 Å². The lowest BCUT2D eigenvalue weighted by Gasteiger charge is -2.60. The van der Waals surface area contributed by atoms with Gasteiger partial charge in [0, 0.05) is 12.6 Å². The molecular weight excluding hydrogens is 376 g/mol.